The zero-order valence-electron chi connectivity index (χ0n) is 11.6. The summed E-state index contributed by atoms with van der Waals surface area (Å²) in [5.74, 6) is 0.775. The van der Waals surface area contributed by atoms with Crippen molar-refractivity contribution in [3.05, 3.63) is 0 Å². The van der Waals surface area contributed by atoms with E-state index >= 15 is 0 Å². The fourth-order valence-electron chi connectivity index (χ4n) is 3.85. The minimum atomic E-state index is -0.621. The molecule has 18 heavy (non-hydrogen) atoms. The summed E-state index contributed by atoms with van der Waals surface area (Å²) >= 11 is 0. The van der Waals surface area contributed by atoms with Crippen LogP contribution >= 0.6 is 0 Å². The third-order valence-corrected chi connectivity index (χ3v) is 4.76. The van der Waals surface area contributed by atoms with Crippen molar-refractivity contribution >= 4 is 5.97 Å². The third kappa shape index (κ3) is 3.71. The summed E-state index contributed by atoms with van der Waals surface area (Å²) in [4.78, 5) is 13.6. The van der Waals surface area contributed by atoms with Crippen LogP contribution in [0.5, 0.6) is 0 Å². The van der Waals surface area contributed by atoms with Gasteiger partial charge >= 0.3 is 5.97 Å². The van der Waals surface area contributed by atoms with Crippen LogP contribution in [0.1, 0.15) is 58.3 Å². The highest BCUT2D eigenvalue weighted by Gasteiger charge is 2.32. The molecule has 1 N–H and O–H groups in total. The highest BCUT2D eigenvalue weighted by molar-refractivity contribution is 5.67. The summed E-state index contributed by atoms with van der Waals surface area (Å²) in [6.07, 6.45) is 9.24. The minimum Gasteiger partial charge on any atom is -0.481 e. The van der Waals surface area contributed by atoms with Crippen molar-refractivity contribution in [2.45, 2.75) is 64.3 Å². The second kappa shape index (κ2) is 6.55. The molecule has 3 unspecified atom stereocenters. The molecule has 1 saturated carbocycles. The van der Waals surface area contributed by atoms with Gasteiger partial charge in [-0.3, -0.25) is 9.69 Å². The lowest BCUT2D eigenvalue weighted by atomic mass is 9.77. The quantitative estimate of drug-likeness (QED) is 0.836. The number of carboxylic acids is 1. The molecule has 3 atom stereocenters. The number of rotatable bonds is 4. The maximum atomic E-state index is 11.1. The monoisotopic (exact) mass is 253 g/mol. The molecule has 104 valence electrons. The summed E-state index contributed by atoms with van der Waals surface area (Å²) in [5.41, 5.74) is 0. The van der Waals surface area contributed by atoms with E-state index in [4.69, 9.17) is 0 Å². The molecule has 1 heterocycles. The van der Waals surface area contributed by atoms with E-state index in [-0.39, 0.29) is 0 Å². The molecule has 1 aliphatic heterocycles. The molecule has 1 saturated heterocycles. The van der Waals surface area contributed by atoms with Crippen molar-refractivity contribution in [3.63, 3.8) is 0 Å². The van der Waals surface area contributed by atoms with E-state index in [1.807, 2.05) is 0 Å². The van der Waals surface area contributed by atoms with Gasteiger partial charge < -0.3 is 5.11 Å². The second-order valence-electron chi connectivity index (χ2n) is 6.29. The van der Waals surface area contributed by atoms with Crippen LogP contribution in [-0.4, -0.2) is 35.1 Å². The lowest BCUT2D eigenvalue weighted by Crippen LogP contribution is -2.46. The molecule has 2 fully saturated rings. The number of hydrogen-bond acceptors (Lipinski definition) is 2. The van der Waals surface area contributed by atoms with E-state index in [2.05, 4.69) is 11.8 Å². The zero-order valence-corrected chi connectivity index (χ0v) is 11.6. The highest BCUT2D eigenvalue weighted by atomic mass is 16.4. The number of likely N-dealkylation sites (tertiary alicyclic amines) is 1. The molecule has 0 aromatic carbocycles. The van der Waals surface area contributed by atoms with Gasteiger partial charge in [0.2, 0.25) is 0 Å². The minimum absolute atomic E-state index is 0.297. The van der Waals surface area contributed by atoms with E-state index in [0.29, 0.717) is 18.4 Å². The van der Waals surface area contributed by atoms with Crippen molar-refractivity contribution in [1.29, 1.82) is 0 Å². The van der Waals surface area contributed by atoms with Crippen LogP contribution in [0.3, 0.4) is 0 Å². The number of carbonyl (C=O) groups is 1. The first kappa shape index (κ1) is 13.9. The Morgan fingerprint density at radius 3 is 2.56 bits per heavy atom. The summed E-state index contributed by atoms with van der Waals surface area (Å²) in [6.45, 7) is 4.55. The summed E-state index contributed by atoms with van der Waals surface area (Å²) in [7, 11) is 0. The maximum Gasteiger partial charge on any atom is 0.304 e. The summed E-state index contributed by atoms with van der Waals surface area (Å²) < 4.78 is 0. The molecule has 2 aliphatic rings. The van der Waals surface area contributed by atoms with Crippen molar-refractivity contribution in [2.75, 3.05) is 13.1 Å². The molecular formula is C15H27NO2. The average Bonchev–Trinajstić information content (AvgIpc) is 2.37. The van der Waals surface area contributed by atoms with E-state index in [1.165, 1.54) is 44.9 Å². The van der Waals surface area contributed by atoms with Crippen molar-refractivity contribution < 1.29 is 9.90 Å². The smallest absolute Gasteiger partial charge is 0.304 e. The standard InChI is InChI=1S/C15H27NO2/c1-12-6-5-7-13(10-12)14(11-15(17)18)16-8-3-2-4-9-16/h12-14H,2-11H2,1H3,(H,17,18). The Kier molecular flexibility index (Phi) is 5.04. The molecular weight excluding hydrogens is 226 g/mol. The Hall–Kier alpha value is -0.570. The van der Waals surface area contributed by atoms with Gasteiger partial charge in [0.05, 0.1) is 6.42 Å². The van der Waals surface area contributed by atoms with Crippen LogP contribution in [0.15, 0.2) is 0 Å². The fourth-order valence-corrected chi connectivity index (χ4v) is 3.85. The number of carboxylic acid groups (broad SMARTS) is 1. The normalized spacial score (nSPS) is 32.1. The van der Waals surface area contributed by atoms with Crippen molar-refractivity contribution in [1.82, 2.24) is 4.90 Å². The SMILES string of the molecule is CC1CCCC(C(CC(=O)O)N2CCCCC2)C1. The number of nitrogens with zero attached hydrogens (tertiary/aromatic N) is 1. The number of aliphatic carboxylic acids is 1. The van der Waals surface area contributed by atoms with Gasteiger partial charge in [-0.1, -0.05) is 26.2 Å². The van der Waals surface area contributed by atoms with Crippen LogP contribution in [-0.2, 0) is 4.79 Å². The Balaban J connectivity index is 2.00. The van der Waals surface area contributed by atoms with Crippen LogP contribution in [0.4, 0.5) is 0 Å². The molecule has 0 aromatic rings. The lowest BCUT2D eigenvalue weighted by Gasteiger charge is -2.41. The molecule has 0 amide bonds. The second-order valence-corrected chi connectivity index (χ2v) is 6.29. The van der Waals surface area contributed by atoms with Crippen LogP contribution in [0.2, 0.25) is 0 Å². The molecule has 2 rings (SSSR count). The van der Waals surface area contributed by atoms with Crippen molar-refractivity contribution in [3.8, 4) is 0 Å². The van der Waals surface area contributed by atoms with Gasteiger partial charge in [-0.05, 0) is 50.6 Å². The molecule has 0 bridgehead atoms. The molecule has 1 aliphatic carbocycles. The average molecular weight is 253 g/mol. The van der Waals surface area contributed by atoms with E-state index in [0.717, 1.165) is 19.0 Å². The van der Waals surface area contributed by atoms with Gasteiger partial charge in [0.1, 0.15) is 0 Å². The predicted molar refractivity (Wildman–Crippen MR) is 72.6 cm³/mol. The fraction of sp³-hybridized carbons (Fsp3) is 0.933. The van der Waals surface area contributed by atoms with E-state index in [1.54, 1.807) is 0 Å². The largest absolute Gasteiger partial charge is 0.481 e. The first-order valence-corrected chi connectivity index (χ1v) is 7.62. The van der Waals surface area contributed by atoms with Gasteiger partial charge in [0.25, 0.3) is 0 Å². The number of piperidine rings is 1. The number of hydrogen-bond donors (Lipinski definition) is 1. The van der Waals surface area contributed by atoms with Crippen LogP contribution < -0.4 is 0 Å². The predicted octanol–water partition coefficient (Wildman–Crippen LogP) is 3.14. The molecule has 0 spiro atoms. The van der Waals surface area contributed by atoms with Gasteiger partial charge in [-0.15, -0.1) is 0 Å². The van der Waals surface area contributed by atoms with Crippen LogP contribution in [0, 0.1) is 11.8 Å². The molecule has 0 radical (unpaired) electrons. The molecule has 3 heteroatoms. The third-order valence-electron chi connectivity index (χ3n) is 4.76. The summed E-state index contributed by atoms with van der Waals surface area (Å²) in [5, 5.41) is 9.18. The van der Waals surface area contributed by atoms with Gasteiger partial charge in [-0.2, -0.15) is 0 Å². The Labute approximate surface area is 111 Å². The van der Waals surface area contributed by atoms with Crippen molar-refractivity contribution in [2.24, 2.45) is 11.8 Å². The molecule has 0 aromatic heterocycles. The van der Waals surface area contributed by atoms with Gasteiger partial charge in [-0.25, -0.2) is 0 Å². The maximum absolute atomic E-state index is 11.1. The van der Waals surface area contributed by atoms with E-state index < -0.39 is 5.97 Å². The van der Waals surface area contributed by atoms with Crippen LogP contribution in [0.25, 0.3) is 0 Å². The Morgan fingerprint density at radius 1 is 1.22 bits per heavy atom. The highest BCUT2D eigenvalue weighted by Crippen LogP contribution is 2.34. The topological polar surface area (TPSA) is 40.5 Å². The Bertz CT molecular complexity index is 274. The lowest BCUT2D eigenvalue weighted by molar-refractivity contribution is -0.139. The zero-order chi connectivity index (χ0) is 13.0. The molecule has 3 nitrogen and oxygen atoms in total. The van der Waals surface area contributed by atoms with Gasteiger partial charge in [0, 0.05) is 6.04 Å². The van der Waals surface area contributed by atoms with Gasteiger partial charge in [0.15, 0.2) is 0 Å². The Morgan fingerprint density at radius 2 is 1.94 bits per heavy atom. The first-order chi connectivity index (χ1) is 8.66. The van der Waals surface area contributed by atoms with E-state index in [9.17, 15) is 9.90 Å². The first-order valence-electron chi connectivity index (χ1n) is 7.62. The summed E-state index contributed by atoms with van der Waals surface area (Å²) in [6, 6.07) is 0.297.